The van der Waals surface area contributed by atoms with Crippen LogP contribution in [0.25, 0.3) is 0 Å². The van der Waals surface area contributed by atoms with Crippen LogP contribution < -0.4 is 4.90 Å². The van der Waals surface area contributed by atoms with Crippen LogP contribution in [0.4, 0.5) is 5.69 Å². The molecule has 1 atom stereocenters. The van der Waals surface area contributed by atoms with E-state index in [0.717, 1.165) is 41.8 Å². The average Bonchev–Trinajstić information content (AvgIpc) is 3.38. The second kappa shape index (κ2) is 12.3. The maximum Gasteiger partial charge on any atom is 0.345 e. The molecule has 0 bridgehead atoms. The van der Waals surface area contributed by atoms with E-state index in [1.54, 1.807) is 30.2 Å². The molecule has 2 heterocycles. The number of carboxylic acids is 1. The molecule has 7 heteroatoms. The van der Waals surface area contributed by atoms with Crippen LogP contribution >= 0.6 is 11.3 Å². The Morgan fingerprint density at radius 2 is 1.93 bits per heavy atom. The van der Waals surface area contributed by atoms with Gasteiger partial charge in [-0.1, -0.05) is 44.4 Å². The van der Waals surface area contributed by atoms with Crippen molar-refractivity contribution in [3.8, 4) is 0 Å². The summed E-state index contributed by atoms with van der Waals surface area (Å²) in [6.07, 6.45) is 7.22. The number of aliphatic hydroxyl groups excluding tert-OH is 1. The van der Waals surface area contributed by atoms with Crippen LogP contribution in [0.1, 0.15) is 58.8 Å². The van der Waals surface area contributed by atoms with Crippen molar-refractivity contribution in [3.63, 3.8) is 0 Å². The number of aliphatic hydroxyl groups is 1. The summed E-state index contributed by atoms with van der Waals surface area (Å²) in [7, 11) is 1.58. The van der Waals surface area contributed by atoms with Crippen molar-refractivity contribution in [2.75, 3.05) is 18.6 Å². The molecular weight excluding hydrogens is 402 g/mol. The van der Waals surface area contributed by atoms with E-state index in [4.69, 9.17) is 9.84 Å². The summed E-state index contributed by atoms with van der Waals surface area (Å²) in [5.74, 6) is -0.853. The molecule has 1 aliphatic rings. The topological polar surface area (TPSA) is 87.1 Å². The lowest BCUT2D eigenvalue weighted by molar-refractivity contribution is -0.113. The number of amides is 1. The largest absolute Gasteiger partial charge is 0.477 e. The van der Waals surface area contributed by atoms with Crippen LogP contribution in [0.3, 0.4) is 0 Å². The Labute approximate surface area is 181 Å². The minimum atomic E-state index is -0.877. The number of unbranched alkanes of at least 4 members (excludes halogenated alkanes) is 2. The van der Waals surface area contributed by atoms with Gasteiger partial charge < -0.3 is 19.8 Å². The minimum Gasteiger partial charge on any atom is -0.477 e. The van der Waals surface area contributed by atoms with Crippen molar-refractivity contribution in [2.24, 2.45) is 0 Å². The molecule has 0 spiro atoms. The van der Waals surface area contributed by atoms with Gasteiger partial charge in [0.1, 0.15) is 4.88 Å². The van der Waals surface area contributed by atoms with E-state index in [1.165, 1.54) is 11.3 Å². The van der Waals surface area contributed by atoms with Gasteiger partial charge >= 0.3 is 5.97 Å². The van der Waals surface area contributed by atoms with Gasteiger partial charge in [-0.25, -0.2) is 4.79 Å². The molecule has 0 radical (unpaired) electrons. The SMILES string of the molecule is CCCCCC(O)c1ccc(N2CC=CC2=O)cc1.COCc1ccc(C(=O)O)s1. The van der Waals surface area contributed by atoms with Crippen molar-refractivity contribution < 1.29 is 24.5 Å². The van der Waals surface area contributed by atoms with Crippen LogP contribution in [0.5, 0.6) is 0 Å². The van der Waals surface area contributed by atoms with Crippen molar-refractivity contribution in [1.82, 2.24) is 0 Å². The third kappa shape index (κ3) is 7.09. The molecule has 0 fully saturated rings. The molecular formula is C23H29NO5S. The summed E-state index contributed by atoms with van der Waals surface area (Å²) in [5, 5.41) is 18.6. The van der Waals surface area contributed by atoms with Crippen LogP contribution in [-0.4, -0.2) is 35.7 Å². The first-order valence-corrected chi connectivity index (χ1v) is 10.8. The first-order chi connectivity index (χ1) is 14.5. The number of ether oxygens (including phenoxy) is 1. The van der Waals surface area contributed by atoms with Crippen LogP contribution in [0.15, 0.2) is 48.6 Å². The first kappa shape index (κ1) is 23.8. The van der Waals surface area contributed by atoms with Gasteiger partial charge in [0.25, 0.3) is 5.91 Å². The molecule has 1 aromatic carbocycles. The highest BCUT2D eigenvalue weighted by atomic mass is 32.1. The number of methoxy groups -OCH3 is 1. The fourth-order valence-electron chi connectivity index (χ4n) is 3.01. The van der Waals surface area contributed by atoms with Gasteiger partial charge in [-0.05, 0) is 36.2 Å². The summed E-state index contributed by atoms with van der Waals surface area (Å²) in [6.45, 7) is 3.28. The molecule has 0 saturated carbocycles. The zero-order chi connectivity index (χ0) is 21.9. The van der Waals surface area contributed by atoms with Gasteiger partial charge in [0, 0.05) is 30.3 Å². The number of rotatable bonds is 9. The molecule has 6 nitrogen and oxygen atoms in total. The van der Waals surface area contributed by atoms with Gasteiger partial charge in [-0.3, -0.25) is 4.79 Å². The second-order valence-electron chi connectivity index (χ2n) is 6.96. The van der Waals surface area contributed by atoms with Crippen molar-refractivity contribution in [2.45, 2.75) is 45.3 Å². The molecule has 1 unspecified atom stereocenters. The Balaban J connectivity index is 0.000000248. The third-order valence-electron chi connectivity index (χ3n) is 4.64. The lowest BCUT2D eigenvalue weighted by Crippen LogP contribution is -2.24. The number of hydrogen-bond donors (Lipinski definition) is 2. The zero-order valence-electron chi connectivity index (χ0n) is 17.4. The van der Waals surface area contributed by atoms with Crippen LogP contribution in [-0.2, 0) is 16.1 Å². The van der Waals surface area contributed by atoms with E-state index in [0.29, 0.717) is 18.0 Å². The molecule has 30 heavy (non-hydrogen) atoms. The Hall–Kier alpha value is -2.48. The van der Waals surface area contributed by atoms with Crippen molar-refractivity contribution >= 4 is 28.9 Å². The minimum absolute atomic E-state index is 0.0243. The number of carboxylic acid groups (broad SMARTS) is 1. The maximum absolute atomic E-state index is 11.6. The number of carbonyl (C=O) groups is 2. The molecule has 0 aliphatic carbocycles. The number of anilines is 1. The standard InChI is InChI=1S/C16H21NO2.C7H8O3S/c1-2-3-4-6-15(18)13-8-10-14(11-9-13)17-12-5-7-16(17)19;1-10-4-5-2-3-6(11-5)7(8)9/h5,7-11,15,18H,2-4,6,12H2,1H3;2-3H,4H2,1H3,(H,8,9). The number of hydrogen-bond acceptors (Lipinski definition) is 5. The number of benzene rings is 1. The number of aromatic carboxylic acids is 1. The zero-order valence-corrected chi connectivity index (χ0v) is 18.2. The summed E-state index contributed by atoms with van der Waals surface area (Å²) >= 11 is 1.24. The third-order valence-corrected chi connectivity index (χ3v) is 5.69. The fourth-order valence-corrected chi connectivity index (χ4v) is 3.83. The van der Waals surface area contributed by atoms with Crippen molar-refractivity contribution in [1.29, 1.82) is 0 Å². The van der Waals surface area contributed by atoms with Gasteiger partial charge in [-0.2, -0.15) is 0 Å². The summed E-state index contributed by atoms with van der Waals surface area (Å²) in [6, 6.07) is 11.0. The lowest BCUT2D eigenvalue weighted by atomic mass is 10.0. The van der Waals surface area contributed by atoms with E-state index in [2.05, 4.69) is 6.92 Å². The Kier molecular flexibility index (Phi) is 9.73. The average molecular weight is 432 g/mol. The smallest absolute Gasteiger partial charge is 0.345 e. The quantitative estimate of drug-likeness (QED) is 0.557. The summed E-state index contributed by atoms with van der Waals surface area (Å²) in [4.78, 5) is 25.0. The van der Waals surface area contributed by atoms with E-state index in [-0.39, 0.29) is 5.91 Å². The van der Waals surface area contributed by atoms with Crippen molar-refractivity contribution in [3.05, 3.63) is 63.9 Å². The van der Waals surface area contributed by atoms with E-state index in [1.807, 2.05) is 30.3 Å². The molecule has 1 aromatic heterocycles. The highest BCUT2D eigenvalue weighted by molar-refractivity contribution is 7.13. The van der Waals surface area contributed by atoms with E-state index in [9.17, 15) is 14.7 Å². The number of carbonyl (C=O) groups excluding carboxylic acids is 1. The molecule has 2 aromatic rings. The number of thiophene rings is 1. The Morgan fingerprint density at radius 3 is 2.47 bits per heavy atom. The highest BCUT2D eigenvalue weighted by Crippen LogP contribution is 2.24. The maximum atomic E-state index is 11.6. The Morgan fingerprint density at radius 1 is 1.20 bits per heavy atom. The van der Waals surface area contributed by atoms with Crippen LogP contribution in [0.2, 0.25) is 0 Å². The van der Waals surface area contributed by atoms with Crippen LogP contribution in [0, 0.1) is 0 Å². The summed E-state index contributed by atoms with van der Waals surface area (Å²) < 4.78 is 4.84. The Bertz CT molecular complexity index is 844. The van der Waals surface area contributed by atoms with E-state index >= 15 is 0 Å². The normalized spacial score (nSPS) is 13.8. The monoisotopic (exact) mass is 431 g/mol. The summed E-state index contributed by atoms with van der Waals surface area (Å²) in [5.41, 5.74) is 1.82. The number of nitrogens with zero attached hydrogens (tertiary/aromatic N) is 1. The molecule has 162 valence electrons. The molecule has 2 N–H and O–H groups in total. The molecule has 1 aliphatic heterocycles. The second-order valence-corrected chi connectivity index (χ2v) is 8.13. The fraction of sp³-hybridized carbons (Fsp3) is 0.391. The van der Waals surface area contributed by atoms with Gasteiger partial charge in [-0.15, -0.1) is 11.3 Å². The lowest BCUT2D eigenvalue weighted by Gasteiger charge is -2.17. The van der Waals surface area contributed by atoms with Gasteiger partial charge in [0.2, 0.25) is 0 Å². The van der Waals surface area contributed by atoms with Gasteiger partial charge in [0.15, 0.2) is 0 Å². The van der Waals surface area contributed by atoms with E-state index < -0.39 is 12.1 Å². The first-order valence-electron chi connectivity index (χ1n) is 10.0. The highest BCUT2D eigenvalue weighted by Gasteiger charge is 2.16. The van der Waals surface area contributed by atoms with Gasteiger partial charge in [0.05, 0.1) is 12.7 Å². The molecule has 3 rings (SSSR count). The molecule has 0 saturated heterocycles. The predicted molar refractivity (Wildman–Crippen MR) is 119 cm³/mol. The predicted octanol–water partition coefficient (Wildman–Crippen LogP) is 4.80. The molecule has 1 amide bonds.